The van der Waals surface area contributed by atoms with Gasteiger partial charge in [0.25, 0.3) is 0 Å². The number of allylic oxidation sites excluding steroid dienone is 2. The van der Waals surface area contributed by atoms with Crippen molar-refractivity contribution in [1.29, 1.82) is 0 Å². The molecule has 11 nitrogen and oxygen atoms in total. The predicted octanol–water partition coefficient (Wildman–Crippen LogP) is 0.216. The standard InChI is InChI=1S/C18H23N7O4/c1-11(9-26)25-10-20-24-15(25)13-4-3-6-18(2,22-13)23-17(29)21-14-8-12(16(27)28)5-7-19-14/h3-8,10-11,15,22,24,26H,9H2,1-2H3,(H,27,28)(H2,19,21,23,29)/t11-,15?,18?/m1/s1. The molecule has 3 atom stereocenters. The molecule has 0 radical (unpaired) electrons. The number of hydrogen-bond acceptors (Lipinski definition) is 8. The van der Waals surface area contributed by atoms with Crippen LogP contribution in [0.3, 0.4) is 0 Å². The summed E-state index contributed by atoms with van der Waals surface area (Å²) in [5.74, 6) is -0.988. The number of hydrogen-bond donors (Lipinski definition) is 6. The topological polar surface area (TPSA) is 151 Å². The SMILES string of the molecule is C[C@H](CO)N1C=NNC1C1=CC=CC(C)(NC(=O)Nc2cc(C(=O)O)ccn2)N1. The Hall–Kier alpha value is -3.60. The fraction of sp³-hybridized carbons (Fsp3) is 0.333. The third kappa shape index (κ3) is 4.63. The molecule has 6 N–H and O–H groups in total. The van der Waals surface area contributed by atoms with Gasteiger partial charge in [-0.25, -0.2) is 14.6 Å². The van der Waals surface area contributed by atoms with E-state index in [1.807, 2.05) is 17.9 Å². The van der Waals surface area contributed by atoms with Gasteiger partial charge in [0.05, 0.1) is 23.9 Å². The minimum atomic E-state index is -1.11. The number of carbonyl (C=O) groups is 2. The van der Waals surface area contributed by atoms with Crippen molar-refractivity contribution >= 4 is 24.2 Å². The molecule has 29 heavy (non-hydrogen) atoms. The normalized spacial score (nSPS) is 23.6. The Labute approximate surface area is 167 Å². The molecule has 1 aromatic heterocycles. The Morgan fingerprint density at radius 1 is 1.45 bits per heavy atom. The van der Waals surface area contributed by atoms with E-state index in [-0.39, 0.29) is 30.2 Å². The highest BCUT2D eigenvalue weighted by Gasteiger charge is 2.33. The van der Waals surface area contributed by atoms with Crippen molar-refractivity contribution < 1.29 is 19.8 Å². The first kappa shape index (κ1) is 20.1. The van der Waals surface area contributed by atoms with Gasteiger partial charge in [0.1, 0.15) is 17.8 Å². The fourth-order valence-electron chi connectivity index (χ4n) is 2.97. The van der Waals surface area contributed by atoms with Gasteiger partial charge in [-0.1, -0.05) is 6.08 Å². The number of dihydropyridines is 1. The van der Waals surface area contributed by atoms with Crippen LogP contribution in [0, 0.1) is 0 Å². The molecule has 0 aliphatic carbocycles. The van der Waals surface area contributed by atoms with E-state index in [9.17, 15) is 14.7 Å². The van der Waals surface area contributed by atoms with Crippen LogP contribution < -0.4 is 21.4 Å². The summed E-state index contributed by atoms with van der Waals surface area (Å²) in [4.78, 5) is 29.3. The van der Waals surface area contributed by atoms with Crippen LogP contribution >= 0.6 is 0 Å². The smallest absolute Gasteiger partial charge is 0.335 e. The first-order valence-corrected chi connectivity index (χ1v) is 8.94. The minimum absolute atomic E-state index is 0.0211. The molecule has 0 fully saturated rings. The van der Waals surface area contributed by atoms with Gasteiger partial charge >= 0.3 is 12.0 Å². The molecule has 0 spiro atoms. The van der Waals surface area contributed by atoms with E-state index in [4.69, 9.17) is 5.11 Å². The van der Waals surface area contributed by atoms with Gasteiger partial charge in [-0.2, -0.15) is 5.10 Å². The van der Waals surface area contributed by atoms with E-state index in [0.29, 0.717) is 0 Å². The zero-order valence-electron chi connectivity index (χ0n) is 16.0. The molecule has 2 amide bonds. The second kappa shape index (κ2) is 8.19. The average Bonchev–Trinajstić information content (AvgIpc) is 3.17. The van der Waals surface area contributed by atoms with Gasteiger partial charge in [0.15, 0.2) is 6.17 Å². The van der Waals surface area contributed by atoms with Gasteiger partial charge < -0.3 is 25.7 Å². The highest BCUT2D eigenvalue weighted by Crippen LogP contribution is 2.19. The van der Waals surface area contributed by atoms with Crippen molar-refractivity contribution in [1.82, 2.24) is 25.9 Å². The number of aromatic nitrogens is 1. The van der Waals surface area contributed by atoms with Crippen LogP contribution in [0.4, 0.5) is 10.6 Å². The molecule has 11 heteroatoms. The van der Waals surface area contributed by atoms with Gasteiger partial charge in [0.2, 0.25) is 0 Å². The number of amides is 2. The number of aromatic carboxylic acids is 1. The summed E-state index contributed by atoms with van der Waals surface area (Å²) in [6.07, 6.45) is 8.03. The number of carboxylic acid groups (broad SMARTS) is 1. The minimum Gasteiger partial charge on any atom is -0.478 e. The number of rotatable bonds is 6. The van der Waals surface area contributed by atoms with Crippen molar-refractivity contribution in [2.75, 3.05) is 11.9 Å². The number of hydrazone groups is 1. The Balaban J connectivity index is 1.65. The molecule has 0 saturated heterocycles. The summed E-state index contributed by atoms with van der Waals surface area (Å²) in [5.41, 5.74) is 2.82. The van der Waals surface area contributed by atoms with Gasteiger partial charge in [-0.15, -0.1) is 0 Å². The number of pyridine rings is 1. The summed E-state index contributed by atoms with van der Waals surface area (Å²) in [6.45, 7) is 3.61. The number of nitrogens with zero attached hydrogens (tertiary/aromatic N) is 3. The largest absolute Gasteiger partial charge is 0.478 e. The molecule has 3 heterocycles. The number of aliphatic hydroxyl groups is 1. The van der Waals surface area contributed by atoms with Crippen molar-refractivity contribution in [2.45, 2.75) is 31.7 Å². The molecular weight excluding hydrogens is 378 g/mol. The van der Waals surface area contributed by atoms with E-state index < -0.39 is 17.7 Å². The molecule has 3 rings (SSSR count). The lowest BCUT2D eigenvalue weighted by Gasteiger charge is -2.38. The van der Waals surface area contributed by atoms with Gasteiger partial charge in [-0.3, -0.25) is 10.7 Å². The van der Waals surface area contributed by atoms with E-state index >= 15 is 0 Å². The molecule has 154 valence electrons. The lowest BCUT2D eigenvalue weighted by Crippen LogP contribution is -2.60. The summed E-state index contributed by atoms with van der Waals surface area (Å²) < 4.78 is 0. The summed E-state index contributed by atoms with van der Waals surface area (Å²) in [7, 11) is 0. The van der Waals surface area contributed by atoms with Crippen LogP contribution in [-0.2, 0) is 0 Å². The van der Waals surface area contributed by atoms with Crippen LogP contribution in [-0.4, -0.2) is 62.9 Å². The quantitative estimate of drug-likeness (QED) is 0.396. The number of carboxylic acids is 1. The Bertz CT molecular complexity index is 885. The van der Waals surface area contributed by atoms with Crippen molar-refractivity contribution in [3.63, 3.8) is 0 Å². The molecule has 1 aromatic rings. The molecule has 2 unspecified atom stereocenters. The number of carbonyl (C=O) groups excluding carboxylic acids is 1. The lowest BCUT2D eigenvalue weighted by molar-refractivity contribution is 0.0696. The first-order chi connectivity index (χ1) is 13.8. The van der Waals surface area contributed by atoms with E-state index in [1.54, 1.807) is 25.4 Å². The summed E-state index contributed by atoms with van der Waals surface area (Å²) in [5, 5.41) is 31.1. The van der Waals surface area contributed by atoms with Gasteiger partial charge in [0, 0.05) is 6.20 Å². The Kier molecular flexibility index (Phi) is 5.69. The predicted molar refractivity (Wildman–Crippen MR) is 106 cm³/mol. The number of nitrogens with one attached hydrogen (secondary N) is 4. The number of aliphatic hydroxyl groups excluding tert-OH is 1. The summed E-state index contributed by atoms with van der Waals surface area (Å²) >= 11 is 0. The maximum atomic E-state index is 12.4. The first-order valence-electron chi connectivity index (χ1n) is 8.94. The average molecular weight is 401 g/mol. The van der Waals surface area contributed by atoms with Crippen LogP contribution in [0.2, 0.25) is 0 Å². The van der Waals surface area contributed by atoms with E-state index in [1.165, 1.54) is 18.3 Å². The second-order valence-corrected chi connectivity index (χ2v) is 6.88. The Morgan fingerprint density at radius 3 is 2.97 bits per heavy atom. The fourth-order valence-corrected chi connectivity index (χ4v) is 2.97. The molecule has 2 aliphatic rings. The highest BCUT2D eigenvalue weighted by atomic mass is 16.4. The molecule has 2 aliphatic heterocycles. The summed E-state index contributed by atoms with van der Waals surface area (Å²) in [6, 6.07) is 1.90. The van der Waals surface area contributed by atoms with E-state index in [0.717, 1.165) is 5.70 Å². The van der Waals surface area contributed by atoms with Crippen molar-refractivity contribution in [3.8, 4) is 0 Å². The van der Waals surface area contributed by atoms with Gasteiger partial charge in [-0.05, 0) is 38.1 Å². The molecule has 0 bridgehead atoms. The van der Waals surface area contributed by atoms with Crippen LogP contribution in [0.25, 0.3) is 0 Å². The maximum Gasteiger partial charge on any atom is 0.335 e. The van der Waals surface area contributed by atoms with Crippen molar-refractivity contribution in [2.24, 2.45) is 5.10 Å². The molecular formula is C18H23N7O4. The Morgan fingerprint density at radius 2 is 2.24 bits per heavy atom. The number of anilines is 1. The maximum absolute atomic E-state index is 12.4. The van der Waals surface area contributed by atoms with Crippen LogP contribution in [0.15, 0.2) is 47.4 Å². The highest BCUT2D eigenvalue weighted by molar-refractivity contribution is 5.92. The van der Waals surface area contributed by atoms with Crippen LogP contribution in [0.5, 0.6) is 0 Å². The van der Waals surface area contributed by atoms with Crippen molar-refractivity contribution in [3.05, 3.63) is 47.8 Å². The third-order valence-corrected chi connectivity index (χ3v) is 4.48. The van der Waals surface area contributed by atoms with Crippen LogP contribution in [0.1, 0.15) is 24.2 Å². The zero-order valence-corrected chi connectivity index (χ0v) is 16.0. The zero-order chi connectivity index (χ0) is 21.0. The lowest BCUT2D eigenvalue weighted by atomic mass is 10.1. The third-order valence-electron chi connectivity index (χ3n) is 4.48. The molecule has 0 saturated carbocycles. The van der Waals surface area contributed by atoms with E-state index in [2.05, 4.69) is 31.5 Å². The monoisotopic (exact) mass is 401 g/mol. The second-order valence-electron chi connectivity index (χ2n) is 6.88. The number of urea groups is 1. The molecule has 0 aromatic carbocycles.